The topological polar surface area (TPSA) is 46.2 Å². The normalized spacial score (nSPS) is 20.0. The van der Waals surface area contributed by atoms with Gasteiger partial charge >= 0.3 is 0 Å². The van der Waals surface area contributed by atoms with Crippen LogP contribution in [-0.4, -0.2) is 11.7 Å². The number of amides is 1. The summed E-state index contributed by atoms with van der Waals surface area (Å²) in [7, 11) is 0. The number of carbonyl (C=O) groups excluding carboxylic acids is 2. The predicted molar refractivity (Wildman–Crippen MR) is 99.2 cm³/mol. The van der Waals surface area contributed by atoms with Crippen molar-refractivity contribution in [2.75, 3.05) is 0 Å². The van der Waals surface area contributed by atoms with Crippen molar-refractivity contribution in [2.45, 2.75) is 32.2 Å². The Hall–Kier alpha value is -2.20. The maximum absolute atomic E-state index is 13.1. The number of carbonyl (C=O) groups is 2. The van der Waals surface area contributed by atoms with Crippen LogP contribution in [0.4, 0.5) is 4.39 Å². The van der Waals surface area contributed by atoms with Crippen molar-refractivity contribution in [3.8, 4) is 0 Å². The summed E-state index contributed by atoms with van der Waals surface area (Å²) in [5.41, 5.74) is 1.79. The minimum atomic E-state index is -0.403. The predicted octanol–water partition coefficient (Wildman–Crippen LogP) is 4.32. The molecule has 2 atom stereocenters. The van der Waals surface area contributed by atoms with Crippen molar-refractivity contribution in [1.29, 1.82) is 0 Å². The molecule has 0 saturated heterocycles. The SMILES string of the molecule is O=C1CCC(C(=O)NCc2ccc(F)cc2Cl)CC1Cc1ccccc1. The van der Waals surface area contributed by atoms with Crippen LogP contribution in [0.3, 0.4) is 0 Å². The van der Waals surface area contributed by atoms with E-state index in [9.17, 15) is 14.0 Å². The van der Waals surface area contributed by atoms with E-state index in [0.29, 0.717) is 36.3 Å². The highest BCUT2D eigenvalue weighted by Crippen LogP contribution is 2.29. The smallest absolute Gasteiger partial charge is 0.223 e. The molecule has 5 heteroatoms. The van der Waals surface area contributed by atoms with Crippen molar-refractivity contribution in [1.82, 2.24) is 5.32 Å². The van der Waals surface area contributed by atoms with Crippen LogP contribution in [0.2, 0.25) is 5.02 Å². The lowest BCUT2D eigenvalue weighted by Gasteiger charge is -2.27. The molecule has 3 rings (SSSR count). The number of ketones is 1. The average molecular weight is 374 g/mol. The Morgan fingerprint density at radius 1 is 1.19 bits per heavy atom. The Labute approximate surface area is 157 Å². The zero-order valence-corrected chi connectivity index (χ0v) is 15.1. The highest BCUT2D eigenvalue weighted by atomic mass is 35.5. The van der Waals surface area contributed by atoms with E-state index in [1.54, 1.807) is 6.07 Å². The summed E-state index contributed by atoms with van der Waals surface area (Å²) < 4.78 is 13.1. The van der Waals surface area contributed by atoms with Gasteiger partial charge in [0, 0.05) is 29.8 Å². The van der Waals surface area contributed by atoms with E-state index in [2.05, 4.69) is 5.32 Å². The standard InChI is InChI=1S/C21H21ClFNO2/c22-19-12-18(23)8-6-16(19)13-24-21(26)15-7-9-20(25)17(11-15)10-14-4-2-1-3-5-14/h1-6,8,12,15,17H,7,9-11,13H2,(H,24,26). The summed E-state index contributed by atoms with van der Waals surface area (Å²) in [6, 6.07) is 14.0. The first kappa shape index (κ1) is 18.6. The molecule has 1 N–H and O–H groups in total. The molecular weight excluding hydrogens is 353 g/mol. The van der Waals surface area contributed by atoms with Gasteiger partial charge in [-0.25, -0.2) is 4.39 Å². The van der Waals surface area contributed by atoms with Crippen molar-refractivity contribution in [3.05, 3.63) is 70.5 Å². The van der Waals surface area contributed by atoms with Gasteiger partial charge in [-0.2, -0.15) is 0 Å². The van der Waals surface area contributed by atoms with Crippen molar-refractivity contribution in [3.63, 3.8) is 0 Å². The molecule has 0 heterocycles. The Balaban J connectivity index is 1.58. The van der Waals surface area contributed by atoms with Crippen molar-refractivity contribution >= 4 is 23.3 Å². The largest absolute Gasteiger partial charge is 0.352 e. The highest BCUT2D eigenvalue weighted by Gasteiger charge is 2.32. The lowest BCUT2D eigenvalue weighted by atomic mass is 9.77. The third kappa shape index (κ3) is 4.70. The number of hydrogen-bond donors (Lipinski definition) is 1. The van der Waals surface area contributed by atoms with Gasteiger partial charge in [0.15, 0.2) is 0 Å². The molecule has 2 aromatic rings. The molecule has 1 aliphatic rings. The third-order valence-corrected chi connectivity index (χ3v) is 5.28. The third-order valence-electron chi connectivity index (χ3n) is 4.93. The first-order valence-corrected chi connectivity index (χ1v) is 9.19. The van der Waals surface area contributed by atoms with Crippen LogP contribution in [0.15, 0.2) is 48.5 Å². The van der Waals surface area contributed by atoms with E-state index in [1.807, 2.05) is 30.3 Å². The van der Waals surface area contributed by atoms with E-state index in [-0.39, 0.29) is 30.1 Å². The number of halogens is 2. The Morgan fingerprint density at radius 3 is 2.69 bits per heavy atom. The summed E-state index contributed by atoms with van der Waals surface area (Å²) in [6.07, 6.45) is 2.25. The van der Waals surface area contributed by atoms with Gasteiger partial charge in [0.2, 0.25) is 5.91 Å². The summed E-state index contributed by atoms with van der Waals surface area (Å²) in [4.78, 5) is 24.8. The lowest BCUT2D eigenvalue weighted by molar-refractivity contribution is -0.131. The molecular formula is C21H21ClFNO2. The molecule has 0 aromatic heterocycles. The van der Waals surface area contributed by atoms with Gasteiger partial charge in [-0.15, -0.1) is 0 Å². The van der Waals surface area contributed by atoms with E-state index >= 15 is 0 Å². The second kappa shape index (κ2) is 8.45. The minimum absolute atomic E-state index is 0.0732. The van der Waals surface area contributed by atoms with Gasteiger partial charge in [-0.1, -0.05) is 48.0 Å². The van der Waals surface area contributed by atoms with Gasteiger partial charge in [-0.3, -0.25) is 9.59 Å². The van der Waals surface area contributed by atoms with Gasteiger partial charge < -0.3 is 5.32 Å². The zero-order chi connectivity index (χ0) is 18.5. The van der Waals surface area contributed by atoms with Crippen molar-refractivity contribution < 1.29 is 14.0 Å². The number of hydrogen-bond acceptors (Lipinski definition) is 2. The number of Topliss-reactive ketones (excluding diaryl/α,β-unsaturated/α-hetero) is 1. The Bertz CT molecular complexity index is 794. The molecule has 3 nitrogen and oxygen atoms in total. The number of rotatable bonds is 5. The quantitative estimate of drug-likeness (QED) is 0.848. The van der Waals surface area contributed by atoms with Gasteiger partial charge in [0.05, 0.1) is 0 Å². The Morgan fingerprint density at radius 2 is 1.96 bits per heavy atom. The van der Waals surface area contributed by atoms with Gasteiger partial charge in [0.1, 0.15) is 11.6 Å². The molecule has 0 radical (unpaired) electrons. The second-order valence-electron chi connectivity index (χ2n) is 6.78. The molecule has 2 unspecified atom stereocenters. The van der Waals surface area contributed by atoms with E-state index in [1.165, 1.54) is 12.1 Å². The molecule has 0 aliphatic heterocycles. The fourth-order valence-corrected chi connectivity index (χ4v) is 3.67. The Kier molecular flexibility index (Phi) is 6.04. The average Bonchev–Trinajstić information content (AvgIpc) is 2.63. The fraction of sp³-hybridized carbons (Fsp3) is 0.333. The molecule has 0 spiro atoms. The van der Waals surface area contributed by atoms with Crippen LogP contribution in [-0.2, 0) is 22.6 Å². The lowest BCUT2D eigenvalue weighted by Crippen LogP contribution is -2.37. The summed E-state index contributed by atoms with van der Waals surface area (Å²) in [5, 5.41) is 3.17. The second-order valence-corrected chi connectivity index (χ2v) is 7.18. The maximum atomic E-state index is 13.1. The molecule has 136 valence electrons. The van der Waals surface area contributed by atoms with Crippen LogP contribution in [0, 0.1) is 17.7 Å². The summed E-state index contributed by atoms with van der Waals surface area (Å²) in [6.45, 7) is 0.256. The van der Waals surface area contributed by atoms with Crippen LogP contribution in [0.5, 0.6) is 0 Å². The van der Waals surface area contributed by atoms with Crippen LogP contribution >= 0.6 is 11.6 Å². The van der Waals surface area contributed by atoms with Crippen LogP contribution in [0.1, 0.15) is 30.4 Å². The monoisotopic (exact) mass is 373 g/mol. The number of benzene rings is 2. The van der Waals surface area contributed by atoms with Crippen molar-refractivity contribution in [2.24, 2.45) is 11.8 Å². The van der Waals surface area contributed by atoms with Crippen LogP contribution < -0.4 is 5.32 Å². The molecule has 2 aromatic carbocycles. The first-order valence-electron chi connectivity index (χ1n) is 8.81. The van der Waals surface area contributed by atoms with Gasteiger partial charge in [-0.05, 0) is 42.5 Å². The molecule has 0 bridgehead atoms. The molecule has 1 fully saturated rings. The fourth-order valence-electron chi connectivity index (χ4n) is 3.44. The molecule has 1 aliphatic carbocycles. The summed E-state index contributed by atoms with van der Waals surface area (Å²) >= 11 is 6.00. The summed E-state index contributed by atoms with van der Waals surface area (Å²) in [5.74, 6) is -0.535. The zero-order valence-electron chi connectivity index (χ0n) is 14.4. The van der Waals surface area contributed by atoms with E-state index in [0.717, 1.165) is 5.56 Å². The van der Waals surface area contributed by atoms with Crippen LogP contribution in [0.25, 0.3) is 0 Å². The highest BCUT2D eigenvalue weighted by molar-refractivity contribution is 6.31. The van der Waals surface area contributed by atoms with Gasteiger partial charge in [0.25, 0.3) is 0 Å². The molecule has 1 amide bonds. The van der Waals surface area contributed by atoms with E-state index in [4.69, 9.17) is 11.6 Å². The molecule has 26 heavy (non-hydrogen) atoms. The maximum Gasteiger partial charge on any atom is 0.223 e. The molecule has 1 saturated carbocycles. The number of nitrogens with one attached hydrogen (secondary N) is 1. The van der Waals surface area contributed by atoms with E-state index < -0.39 is 5.82 Å². The first-order chi connectivity index (χ1) is 12.5. The minimum Gasteiger partial charge on any atom is -0.352 e.